The second-order valence-electron chi connectivity index (χ2n) is 4.93. The lowest BCUT2D eigenvalue weighted by Gasteiger charge is -2.22. The first-order valence-electron chi connectivity index (χ1n) is 6.85. The summed E-state index contributed by atoms with van der Waals surface area (Å²) in [7, 11) is 0. The molecule has 0 aromatic heterocycles. The van der Waals surface area contributed by atoms with E-state index in [4.69, 9.17) is 5.11 Å². The molecule has 0 unspecified atom stereocenters. The number of imide groups is 1. The number of likely N-dealkylation sites (tertiary alicyclic amines) is 1. The number of nitrogens with one attached hydrogen (secondary N) is 2. The van der Waals surface area contributed by atoms with Gasteiger partial charge in [-0.1, -0.05) is 6.07 Å². The molecule has 1 aliphatic heterocycles. The molecule has 1 aliphatic rings. The van der Waals surface area contributed by atoms with Gasteiger partial charge in [0.05, 0.1) is 0 Å². The van der Waals surface area contributed by atoms with Gasteiger partial charge in [-0.05, 0) is 37.5 Å². The number of urea groups is 1. The highest BCUT2D eigenvalue weighted by Crippen LogP contribution is 2.15. The van der Waals surface area contributed by atoms with Crippen molar-refractivity contribution >= 4 is 23.7 Å². The molecule has 1 atom stereocenters. The Morgan fingerprint density at radius 1 is 1.32 bits per heavy atom. The van der Waals surface area contributed by atoms with Crippen LogP contribution in [0.2, 0.25) is 0 Å². The Hall–Kier alpha value is -2.64. The number of hydrogen-bond donors (Lipinski definition) is 3. The molecule has 0 radical (unpaired) electrons. The summed E-state index contributed by atoms with van der Waals surface area (Å²) >= 11 is 0. The van der Waals surface area contributed by atoms with Crippen molar-refractivity contribution in [3.8, 4) is 0 Å². The molecule has 1 fully saturated rings. The van der Waals surface area contributed by atoms with E-state index in [1.54, 1.807) is 0 Å². The van der Waals surface area contributed by atoms with Crippen molar-refractivity contribution in [1.82, 2.24) is 10.2 Å². The van der Waals surface area contributed by atoms with Crippen molar-refractivity contribution in [3.05, 3.63) is 30.1 Å². The highest BCUT2D eigenvalue weighted by molar-refractivity contribution is 6.03. The number of amides is 4. The summed E-state index contributed by atoms with van der Waals surface area (Å²) in [6.45, 7) is 0.192. The molecule has 118 valence electrons. The predicted molar refractivity (Wildman–Crippen MR) is 75.9 cm³/mol. The van der Waals surface area contributed by atoms with Crippen LogP contribution < -0.4 is 10.6 Å². The quantitative estimate of drug-likeness (QED) is 0.778. The molecule has 0 spiro atoms. The smallest absolute Gasteiger partial charge is 0.405 e. The summed E-state index contributed by atoms with van der Waals surface area (Å²) in [6.07, 6.45) is 0.237. The molecule has 3 N–H and O–H groups in total. The first-order chi connectivity index (χ1) is 10.5. The van der Waals surface area contributed by atoms with Gasteiger partial charge in [-0.15, -0.1) is 0 Å². The van der Waals surface area contributed by atoms with Crippen molar-refractivity contribution in [2.75, 3.05) is 11.9 Å². The minimum Gasteiger partial charge on any atom is -0.465 e. The van der Waals surface area contributed by atoms with Gasteiger partial charge in [-0.3, -0.25) is 9.69 Å². The van der Waals surface area contributed by atoms with Crippen LogP contribution in [0.25, 0.3) is 0 Å². The molecular weight excluding hydrogens is 293 g/mol. The van der Waals surface area contributed by atoms with Gasteiger partial charge in [0.2, 0.25) is 0 Å². The average molecular weight is 309 g/mol. The van der Waals surface area contributed by atoms with Crippen molar-refractivity contribution < 1.29 is 23.9 Å². The molecule has 4 amide bonds. The zero-order valence-electron chi connectivity index (χ0n) is 11.7. The van der Waals surface area contributed by atoms with Crippen LogP contribution in [-0.2, 0) is 4.79 Å². The molecule has 0 aliphatic carbocycles. The third-order valence-corrected chi connectivity index (χ3v) is 3.31. The third-order valence-electron chi connectivity index (χ3n) is 3.31. The molecule has 1 aromatic carbocycles. The molecule has 0 bridgehead atoms. The van der Waals surface area contributed by atoms with Crippen LogP contribution in [0.4, 0.5) is 19.7 Å². The Labute approximate surface area is 126 Å². The number of carbonyl (C=O) groups is 3. The maximum absolute atomic E-state index is 13.1. The number of benzene rings is 1. The lowest BCUT2D eigenvalue weighted by molar-refractivity contribution is -0.129. The van der Waals surface area contributed by atoms with E-state index in [1.165, 1.54) is 18.2 Å². The van der Waals surface area contributed by atoms with Gasteiger partial charge in [-0.2, -0.15) is 0 Å². The van der Waals surface area contributed by atoms with E-state index < -0.39 is 29.9 Å². The largest absolute Gasteiger partial charge is 0.465 e. The first kappa shape index (κ1) is 15.7. The van der Waals surface area contributed by atoms with Crippen molar-refractivity contribution in [2.24, 2.45) is 0 Å². The summed E-state index contributed by atoms with van der Waals surface area (Å²) in [5.41, 5.74) is 0.227. The molecule has 0 saturated carbocycles. The molecule has 8 heteroatoms. The second-order valence-corrected chi connectivity index (χ2v) is 4.93. The van der Waals surface area contributed by atoms with E-state index in [0.29, 0.717) is 19.3 Å². The number of hydrogen-bond acceptors (Lipinski definition) is 3. The summed E-state index contributed by atoms with van der Waals surface area (Å²) in [4.78, 5) is 36.1. The predicted octanol–water partition coefficient (Wildman–Crippen LogP) is 2.01. The van der Waals surface area contributed by atoms with Gasteiger partial charge in [0.15, 0.2) is 0 Å². The van der Waals surface area contributed by atoms with E-state index in [0.717, 1.165) is 11.0 Å². The molecule has 1 aromatic rings. The van der Waals surface area contributed by atoms with Gasteiger partial charge >= 0.3 is 12.1 Å². The minimum atomic E-state index is -1.31. The summed E-state index contributed by atoms with van der Waals surface area (Å²) in [5.74, 6) is -1.11. The van der Waals surface area contributed by atoms with Crippen LogP contribution >= 0.6 is 0 Å². The van der Waals surface area contributed by atoms with Crippen LogP contribution in [-0.4, -0.2) is 40.6 Å². The lowest BCUT2D eigenvalue weighted by Crippen LogP contribution is -2.50. The van der Waals surface area contributed by atoms with Crippen molar-refractivity contribution in [2.45, 2.75) is 25.3 Å². The van der Waals surface area contributed by atoms with Gasteiger partial charge in [-0.25, -0.2) is 14.0 Å². The number of rotatable bonds is 2. The average Bonchev–Trinajstić information content (AvgIpc) is 2.61. The lowest BCUT2D eigenvalue weighted by atomic mass is 10.1. The van der Waals surface area contributed by atoms with Crippen LogP contribution in [0.3, 0.4) is 0 Å². The van der Waals surface area contributed by atoms with E-state index >= 15 is 0 Å². The molecule has 2 rings (SSSR count). The van der Waals surface area contributed by atoms with Crippen LogP contribution in [0.5, 0.6) is 0 Å². The highest BCUT2D eigenvalue weighted by Gasteiger charge is 2.32. The van der Waals surface area contributed by atoms with Gasteiger partial charge in [0.25, 0.3) is 5.91 Å². The van der Waals surface area contributed by atoms with E-state index in [-0.39, 0.29) is 12.2 Å². The molecule has 22 heavy (non-hydrogen) atoms. The van der Waals surface area contributed by atoms with Gasteiger partial charge in [0, 0.05) is 12.2 Å². The zero-order valence-corrected chi connectivity index (χ0v) is 11.7. The standard InChI is InChI=1S/C14H16FN3O4/c15-9-4-3-5-10(8-9)16-13(20)18-7-2-1-6-11(12(18)19)17-14(21)22/h3-5,8,11,17H,1-2,6-7H2,(H,16,20)(H,21,22)/t11-/m0/s1. The van der Waals surface area contributed by atoms with Crippen LogP contribution in [0, 0.1) is 5.82 Å². The number of carboxylic acid groups (broad SMARTS) is 1. The van der Waals surface area contributed by atoms with E-state index in [2.05, 4.69) is 10.6 Å². The van der Waals surface area contributed by atoms with Crippen molar-refractivity contribution in [3.63, 3.8) is 0 Å². The van der Waals surface area contributed by atoms with E-state index in [1.807, 2.05) is 0 Å². The Morgan fingerprint density at radius 3 is 2.77 bits per heavy atom. The summed E-state index contributed by atoms with van der Waals surface area (Å²) < 4.78 is 13.1. The fraction of sp³-hybridized carbons (Fsp3) is 0.357. The Bertz CT molecular complexity index is 593. The molecular formula is C14H16FN3O4. The number of halogens is 1. The topological polar surface area (TPSA) is 98.7 Å². The highest BCUT2D eigenvalue weighted by atomic mass is 19.1. The molecule has 7 nitrogen and oxygen atoms in total. The summed E-state index contributed by atoms with van der Waals surface area (Å²) in [5, 5.41) is 13.3. The zero-order chi connectivity index (χ0) is 16.1. The third kappa shape index (κ3) is 3.94. The van der Waals surface area contributed by atoms with Crippen LogP contribution in [0.1, 0.15) is 19.3 Å². The molecule has 1 heterocycles. The van der Waals surface area contributed by atoms with Gasteiger partial charge < -0.3 is 15.7 Å². The number of carbonyl (C=O) groups excluding carboxylic acids is 2. The fourth-order valence-electron chi connectivity index (χ4n) is 2.28. The Morgan fingerprint density at radius 2 is 2.09 bits per heavy atom. The summed E-state index contributed by atoms with van der Waals surface area (Å²) in [6, 6.07) is 3.65. The first-order valence-corrected chi connectivity index (χ1v) is 6.85. The second kappa shape index (κ2) is 6.88. The maximum atomic E-state index is 13.1. The fourth-order valence-corrected chi connectivity index (χ4v) is 2.28. The minimum absolute atomic E-state index is 0.192. The SMILES string of the molecule is O=C(O)N[C@H]1CCCCN(C(=O)Nc2cccc(F)c2)C1=O. The Kier molecular flexibility index (Phi) is 4.92. The number of nitrogens with zero attached hydrogens (tertiary/aromatic N) is 1. The van der Waals surface area contributed by atoms with Gasteiger partial charge in [0.1, 0.15) is 11.9 Å². The monoisotopic (exact) mass is 309 g/mol. The number of anilines is 1. The molecule has 1 saturated heterocycles. The maximum Gasteiger partial charge on any atom is 0.405 e. The van der Waals surface area contributed by atoms with Crippen molar-refractivity contribution in [1.29, 1.82) is 0 Å². The van der Waals surface area contributed by atoms with Crippen LogP contribution in [0.15, 0.2) is 24.3 Å². The normalized spacial score (nSPS) is 18.5. The van der Waals surface area contributed by atoms with E-state index in [9.17, 15) is 18.8 Å². The Balaban J connectivity index is 2.09.